The van der Waals surface area contributed by atoms with Crippen molar-refractivity contribution in [1.29, 1.82) is 0 Å². The number of aliphatic hydroxyl groups is 2. The first-order valence-electron chi connectivity index (χ1n) is 21.0. The quantitative estimate of drug-likeness (QED) is 0.158. The summed E-state index contributed by atoms with van der Waals surface area (Å²) in [6.45, 7) is 13.5. The molecule has 7 rings (SSSR count). The highest BCUT2D eigenvalue weighted by Gasteiger charge is 2.56. The Labute approximate surface area is 300 Å². The summed E-state index contributed by atoms with van der Waals surface area (Å²) in [6, 6.07) is 0. The molecule has 7 aliphatic rings. The number of carbonyl (C=O) groups is 1. The van der Waals surface area contributed by atoms with Crippen molar-refractivity contribution in [3.8, 4) is 0 Å². The van der Waals surface area contributed by atoms with E-state index in [1.165, 1.54) is 141 Å². The van der Waals surface area contributed by atoms with E-state index >= 15 is 0 Å². The lowest BCUT2D eigenvalue weighted by molar-refractivity contribution is -0.207. The van der Waals surface area contributed by atoms with Crippen molar-refractivity contribution in [3.63, 3.8) is 0 Å². The zero-order chi connectivity index (χ0) is 34.9. The van der Waals surface area contributed by atoms with Gasteiger partial charge in [-0.25, -0.2) is 0 Å². The molecule has 1 aliphatic heterocycles. The van der Waals surface area contributed by atoms with E-state index in [9.17, 15) is 4.79 Å². The topological polar surface area (TPSA) is 76.0 Å². The second-order valence-electron chi connectivity index (χ2n) is 18.3. The summed E-state index contributed by atoms with van der Waals surface area (Å²) in [5, 5.41) is 16.6. The lowest BCUT2D eigenvalue weighted by Gasteiger charge is -2.61. The number of hydrogen-bond donors (Lipinski definition) is 2. The van der Waals surface area contributed by atoms with Crippen molar-refractivity contribution in [2.75, 3.05) is 26.4 Å². The van der Waals surface area contributed by atoms with Crippen LogP contribution in [0.25, 0.3) is 0 Å². The molecule has 280 valence electrons. The van der Waals surface area contributed by atoms with Gasteiger partial charge in [-0.15, -0.1) is 6.58 Å². The Bertz CT molecular complexity index is 969. The molecule has 2 spiro atoms. The monoisotopic (exact) mass is 683 g/mol. The zero-order valence-corrected chi connectivity index (χ0v) is 31.6. The van der Waals surface area contributed by atoms with Gasteiger partial charge in [0.15, 0.2) is 6.29 Å². The summed E-state index contributed by atoms with van der Waals surface area (Å²) >= 11 is 0. The maximum absolute atomic E-state index is 10.7. The van der Waals surface area contributed by atoms with Gasteiger partial charge in [0.25, 0.3) is 0 Å². The van der Waals surface area contributed by atoms with Crippen LogP contribution < -0.4 is 0 Å². The number of carbonyl (C=O) groups excluding carboxylic acids is 1. The van der Waals surface area contributed by atoms with Crippen LogP contribution in [0.5, 0.6) is 0 Å². The van der Waals surface area contributed by atoms with Gasteiger partial charge in [-0.3, -0.25) is 0 Å². The molecule has 5 heteroatoms. The summed E-state index contributed by atoms with van der Waals surface area (Å²) in [4.78, 5) is 10.7. The Kier molecular flexibility index (Phi) is 14.9. The van der Waals surface area contributed by atoms with Gasteiger partial charge in [-0.2, -0.15) is 0 Å². The van der Waals surface area contributed by atoms with Crippen molar-refractivity contribution in [1.82, 2.24) is 0 Å². The molecule has 0 unspecified atom stereocenters. The number of ether oxygens (including phenoxy) is 2. The summed E-state index contributed by atoms with van der Waals surface area (Å²) in [5.74, 6) is 8.08. The number of hydrogen-bond acceptors (Lipinski definition) is 5. The molecule has 6 aliphatic carbocycles. The Morgan fingerprint density at radius 1 is 0.633 bits per heavy atom. The summed E-state index contributed by atoms with van der Waals surface area (Å²) in [7, 11) is 0. The van der Waals surface area contributed by atoms with Crippen molar-refractivity contribution in [3.05, 3.63) is 25.3 Å². The Morgan fingerprint density at radius 2 is 1.04 bits per heavy atom. The van der Waals surface area contributed by atoms with Crippen molar-refractivity contribution in [2.24, 2.45) is 70.0 Å². The second-order valence-corrected chi connectivity index (χ2v) is 18.3. The second kappa shape index (κ2) is 18.7. The van der Waals surface area contributed by atoms with Crippen molar-refractivity contribution >= 4 is 6.29 Å². The molecule has 7 fully saturated rings. The van der Waals surface area contributed by atoms with Crippen LogP contribution in [0.2, 0.25) is 0 Å². The molecule has 0 bridgehead atoms. The molecule has 0 atom stereocenters. The Balaban J connectivity index is 0.000000165. The lowest BCUT2D eigenvalue weighted by atomic mass is 9.44. The summed E-state index contributed by atoms with van der Waals surface area (Å²) in [6.07, 6.45) is 33.4. The normalized spacial score (nSPS) is 42.6. The van der Waals surface area contributed by atoms with E-state index in [0.29, 0.717) is 17.3 Å². The molecule has 0 aromatic carbocycles. The van der Waals surface area contributed by atoms with Gasteiger partial charge in [0.05, 0.1) is 26.4 Å². The minimum absolute atomic E-state index is 0.0139. The highest BCUT2D eigenvalue weighted by molar-refractivity contribution is 5.56. The van der Waals surface area contributed by atoms with Crippen LogP contribution in [-0.2, 0) is 14.3 Å². The van der Waals surface area contributed by atoms with Gasteiger partial charge in [0.1, 0.15) is 6.29 Å². The number of rotatable bonds is 12. The van der Waals surface area contributed by atoms with E-state index < -0.39 is 0 Å². The highest BCUT2D eigenvalue weighted by atomic mass is 16.7. The maximum atomic E-state index is 10.7. The van der Waals surface area contributed by atoms with Crippen LogP contribution in [-0.4, -0.2) is 49.2 Å². The van der Waals surface area contributed by atoms with Crippen molar-refractivity contribution in [2.45, 2.75) is 149 Å². The fraction of sp³-hybridized carbons (Fsp3) is 0.886. The van der Waals surface area contributed by atoms with Gasteiger partial charge in [0, 0.05) is 17.8 Å². The van der Waals surface area contributed by atoms with E-state index in [4.69, 9.17) is 19.7 Å². The average Bonchev–Trinajstić information content (AvgIpc) is 3.06. The number of aliphatic hydroxyl groups excluding tert-OH is 2. The Hall–Kier alpha value is -1.01. The van der Waals surface area contributed by atoms with Gasteiger partial charge in [-0.1, -0.05) is 77.9 Å². The Morgan fingerprint density at radius 3 is 1.37 bits per heavy atom. The standard InChI is InChI=1S/C22H36O2.C17H28O.C5H10O2/c1-3-5-16-6-8-17(9-7-16)18-10-22(11-18)12-19(13-22)20-14-23-21(4-2)24-15-20;1-2-3-13-4-6-15(7-5-13)16-10-17(11-16)8-14(9-17)12-18;1-2-5(3-6)4-7/h4,16-21H,2-3,5-15H2,1H3;12-16H,2-11H2,1H3;2,5-7H,1,3-4H2. The van der Waals surface area contributed by atoms with Crippen LogP contribution in [0.4, 0.5) is 0 Å². The molecule has 0 radical (unpaired) electrons. The number of aldehydes is 1. The molecule has 0 amide bonds. The van der Waals surface area contributed by atoms with Gasteiger partial charge in [0.2, 0.25) is 0 Å². The van der Waals surface area contributed by atoms with E-state index in [2.05, 4.69) is 27.0 Å². The van der Waals surface area contributed by atoms with Gasteiger partial charge < -0.3 is 24.5 Å². The van der Waals surface area contributed by atoms with E-state index in [0.717, 1.165) is 60.1 Å². The van der Waals surface area contributed by atoms with Crippen LogP contribution in [0.1, 0.15) is 142 Å². The minimum Gasteiger partial charge on any atom is -0.396 e. The van der Waals surface area contributed by atoms with E-state index in [1.54, 1.807) is 6.08 Å². The first kappa shape index (κ1) is 39.2. The van der Waals surface area contributed by atoms with Crippen LogP contribution >= 0.6 is 0 Å². The molecular weight excluding hydrogens is 608 g/mol. The molecular formula is C44H74O5. The van der Waals surface area contributed by atoms with Gasteiger partial charge in [-0.05, 0) is 135 Å². The SMILES string of the molecule is C=CC(CO)CO.C=CC1OCC(C2CC3(CC(C4CCC(CCC)CC4)C3)C2)CO1.CCCC1CCC(C2CC3(CC(C=O)C3)C2)CC1. The third-order valence-electron chi connectivity index (χ3n) is 14.9. The molecule has 0 aromatic rings. The van der Waals surface area contributed by atoms with Crippen molar-refractivity contribution < 1.29 is 24.5 Å². The molecule has 49 heavy (non-hydrogen) atoms. The molecule has 2 N–H and O–H groups in total. The first-order valence-corrected chi connectivity index (χ1v) is 21.0. The predicted molar refractivity (Wildman–Crippen MR) is 200 cm³/mol. The fourth-order valence-electron chi connectivity index (χ4n) is 11.8. The van der Waals surface area contributed by atoms with Crippen LogP contribution in [0.15, 0.2) is 25.3 Å². The third kappa shape index (κ3) is 10.1. The molecule has 1 heterocycles. The van der Waals surface area contributed by atoms with Gasteiger partial charge >= 0.3 is 0 Å². The predicted octanol–water partition coefficient (Wildman–Crippen LogP) is 9.95. The molecule has 6 saturated carbocycles. The molecule has 0 aromatic heterocycles. The largest absolute Gasteiger partial charge is 0.396 e. The highest BCUT2D eigenvalue weighted by Crippen LogP contribution is 2.66. The lowest BCUT2D eigenvalue weighted by Crippen LogP contribution is -2.53. The third-order valence-corrected chi connectivity index (χ3v) is 14.9. The van der Waals surface area contributed by atoms with E-state index in [-0.39, 0.29) is 25.4 Å². The van der Waals surface area contributed by atoms with E-state index in [1.807, 2.05) is 0 Å². The average molecular weight is 683 g/mol. The van der Waals surface area contributed by atoms with Crippen LogP contribution in [0.3, 0.4) is 0 Å². The fourth-order valence-corrected chi connectivity index (χ4v) is 11.8. The zero-order valence-electron chi connectivity index (χ0n) is 31.6. The molecule has 5 nitrogen and oxygen atoms in total. The summed E-state index contributed by atoms with van der Waals surface area (Å²) in [5.41, 5.74) is 1.39. The minimum atomic E-state index is -0.161. The maximum Gasteiger partial charge on any atom is 0.176 e. The summed E-state index contributed by atoms with van der Waals surface area (Å²) < 4.78 is 11.4. The smallest absolute Gasteiger partial charge is 0.176 e. The van der Waals surface area contributed by atoms with Crippen LogP contribution in [0, 0.1) is 70.0 Å². The molecule has 1 saturated heterocycles. The first-order chi connectivity index (χ1) is 23.8.